The minimum atomic E-state index is -0.714. The largest absolute Gasteiger partial charge is 0.506 e. The highest BCUT2D eigenvalue weighted by Gasteiger charge is 2.25. The topological polar surface area (TPSA) is 76.1 Å². The van der Waals surface area contributed by atoms with Crippen molar-refractivity contribution in [1.82, 2.24) is 4.90 Å². The lowest BCUT2D eigenvalue weighted by atomic mass is 10.0. The van der Waals surface area contributed by atoms with Gasteiger partial charge in [-0.2, -0.15) is 0 Å². The number of benzene rings is 1. The zero-order valence-electron chi connectivity index (χ0n) is 13.2. The van der Waals surface area contributed by atoms with Gasteiger partial charge in [-0.05, 0) is 19.1 Å². The standard InChI is InChI=1S/C16H20ClNO5/c1-3-14(19)12-8-11(17)9-13(15(12)20)16(21)23-10(2)18-4-6-22-7-5-18/h8-10,20H,3-7H2,1-2H3. The van der Waals surface area contributed by atoms with Gasteiger partial charge in [0.2, 0.25) is 0 Å². The first kappa shape index (κ1) is 17.7. The van der Waals surface area contributed by atoms with E-state index >= 15 is 0 Å². The van der Waals surface area contributed by atoms with Crippen LogP contribution in [-0.4, -0.2) is 54.3 Å². The number of esters is 1. The third kappa shape index (κ3) is 4.22. The minimum Gasteiger partial charge on any atom is -0.506 e. The molecule has 1 heterocycles. The Morgan fingerprint density at radius 2 is 1.96 bits per heavy atom. The second-order valence-corrected chi connectivity index (χ2v) is 5.72. The maximum Gasteiger partial charge on any atom is 0.343 e. The van der Waals surface area contributed by atoms with Gasteiger partial charge in [-0.3, -0.25) is 9.69 Å². The molecule has 0 aromatic heterocycles. The molecule has 1 aromatic carbocycles. The number of hydrogen-bond donors (Lipinski definition) is 1. The number of hydrogen-bond acceptors (Lipinski definition) is 6. The van der Waals surface area contributed by atoms with Gasteiger partial charge in [-0.25, -0.2) is 4.79 Å². The number of carbonyl (C=O) groups is 2. The Bertz CT molecular complexity index is 598. The summed E-state index contributed by atoms with van der Waals surface area (Å²) in [6.45, 7) is 5.91. The van der Waals surface area contributed by atoms with Gasteiger partial charge in [0, 0.05) is 24.5 Å². The molecule has 1 N–H and O–H groups in total. The Balaban J connectivity index is 2.18. The van der Waals surface area contributed by atoms with Crippen LogP contribution in [-0.2, 0) is 9.47 Å². The first-order valence-electron chi connectivity index (χ1n) is 7.52. The molecule has 1 fully saturated rings. The van der Waals surface area contributed by atoms with E-state index in [1.807, 2.05) is 4.90 Å². The van der Waals surface area contributed by atoms with Crippen molar-refractivity contribution in [3.63, 3.8) is 0 Å². The average molecular weight is 342 g/mol. The normalized spacial score (nSPS) is 16.8. The molecule has 0 bridgehead atoms. The summed E-state index contributed by atoms with van der Waals surface area (Å²) in [4.78, 5) is 26.1. The summed E-state index contributed by atoms with van der Waals surface area (Å²) in [6.07, 6.45) is -0.262. The lowest BCUT2D eigenvalue weighted by molar-refractivity contribution is -0.0637. The van der Waals surface area contributed by atoms with E-state index < -0.39 is 12.2 Å². The maximum atomic E-state index is 12.3. The summed E-state index contributed by atoms with van der Waals surface area (Å²) < 4.78 is 10.6. The summed E-state index contributed by atoms with van der Waals surface area (Å²) in [5, 5.41) is 10.4. The van der Waals surface area contributed by atoms with Crippen LogP contribution < -0.4 is 0 Å². The Kier molecular flexibility index (Phi) is 5.98. The van der Waals surface area contributed by atoms with Gasteiger partial charge in [0.05, 0.1) is 18.8 Å². The Morgan fingerprint density at radius 1 is 1.35 bits per heavy atom. The van der Waals surface area contributed by atoms with Crippen LogP contribution in [0.1, 0.15) is 41.0 Å². The summed E-state index contributed by atoms with van der Waals surface area (Å²) in [5.41, 5.74) is -0.0691. The van der Waals surface area contributed by atoms with Crippen LogP contribution in [0.15, 0.2) is 12.1 Å². The van der Waals surface area contributed by atoms with Crippen LogP contribution in [0.5, 0.6) is 5.75 Å². The highest BCUT2D eigenvalue weighted by molar-refractivity contribution is 6.31. The van der Waals surface area contributed by atoms with Crippen molar-refractivity contribution in [2.45, 2.75) is 26.5 Å². The number of nitrogens with zero attached hydrogens (tertiary/aromatic N) is 1. The SMILES string of the molecule is CCC(=O)c1cc(Cl)cc(C(=O)OC(C)N2CCOCC2)c1O. The molecule has 0 amide bonds. The van der Waals surface area contributed by atoms with Crippen LogP contribution in [0.3, 0.4) is 0 Å². The molecule has 2 rings (SSSR count). The van der Waals surface area contributed by atoms with E-state index in [1.54, 1.807) is 13.8 Å². The molecule has 23 heavy (non-hydrogen) atoms. The van der Waals surface area contributed by atoms with Crippen LogP contribution in [0.2, 0.25) is 5.02 Å². The summed E-state index contributed by atoms with van der Waals surface area (Å²) in [7, 11) is 0. The van der Waals surface area contributed by atoms with Gasteiger partial charge in [-0.1, -0.05) is 18.5 Å². The molecule has 126 valence electrons. The molecular formula is C16H20ClNO5. The number of halogens is 1. The van der Waals surface area contributed by atoms with E-state index in [0.29, 0.717) is 26.3 Å². The molecule has 0 spiro atoms. The molecule has 1 aromatic rings. The Hall–Kier alpha value is -1.63. The Morgan fingerprint density at radius 3 is 2.57 bits per heavy atom. The Labute approximate surface area is 139 Å². The summed E-state index contributed by atoms with van der Waals surface area (Å²) >= 11 is 5.95. The second kappa shape index (κ2) is 7.77. The van der Waals surface area contributed by atoms with E-state index in [1.165, 1.54) is 12.1 Å². The first-order chi connectivity index (χ1) is 10.9. The van der Waals surface area contributed by atoms with E-state index in [-0.39, 0.29) is 34.1 Å². The number of morpholine rings is 1. The number of ether oxygens (including phenoxy) is 2. The first-order valence-corrected chi connectivity index (χ1v) is 7.90. The van der Waals surface area contributed by atoms with Gasteiger partial charge in [-0.15, -0.1) is 0 Å². The molecule has 1 aliphatic heterocycles. The van der Waals surface area contributed by atoms with Crippen molar-refractivity contribution in [3.05, 3.63) is 28.3 Å². The molecular weight excluding hydrogens is 322 g/mol. The molecule has 7 heteroatoms. The lowest BCUT2D eigenvalue weighted by Gasteiger charge is -2.31. The van der Waals surface area contributed by atoms with Crippen LogP contribution in [0, 0.1) is 0 Å². The zero-order valence-corrected chi connectivity index (χ0v) is 13.9. The number of phenolic OH excluding ortho intramolecular Hbond substituents is 1. The maximum absolute atomic E-state index is 12.3. The highest BCUT2D eigenvalue weighted by Crippen LogP contribution is 2.29. The van der Waals surface area contributed by atoms with Gasteiger partial charge in [0.1, 0.15) is 11.3 Å². The smallest absolute Gasteiger partial charge is 0.343 e. The fourth-order valence-electron chi connectivity index (χ4n) is 2.39. The van der Waals surface area contributed by atoms with Crippen molar-refractivity contribution in [2.24, 2.45) is 0 Å². The molecule has 0 saturated carbocycles. The van der Waals surface area contributed by atoms with E-state index in [9.17, 15) is 14.7 Å². The summed E-state index contributed by atoms with van der Waals surface area (Å²) in [6, 6.07) is 2.66. The van der Waals surface area contributed by atoms with Crippen LogP contribution in [0.4, 0.5) is 0 Å². The monoisotopic (exact) mass is 341 g/mol. The van der Waals surface area contributed by atoms with Crippen molar-refractivity contribution >= 4 is 23.4 Å². The highest BCUT2D eigenvalue weighted by atomic mass is 35.5. The quantitative estimate of drug-likeness (QED) is 0.655. The molecule has 0 aliphatic carbocycles. The van der Waals surface area contributed by atoms with Gasteiger partial charge < -0.3 is 14.6 Å². The molecule has 1 aliphatic rings. The average Bonchev–Trinajstić information content (AvgIpc) is 2.56. The zero-order chi connectivity index (χ0) is 17.0. The number of Topliss-reactive ketones (excluding diaryl/α,β-unsaturated/α-hetero) is 1. The predicted molar refractivity (Wildman–Crippen MR) is 85.0 cm³/mol. The molecule has 6 nitrogen and oxygen atoms in total. The van der Waals surface area contributed by atoms with Crippen molar-refractivity contribution in [3.8, 4) is 5.75 Å². The molecule has 1 unspecified atom stereocenters. The molecule has 0 radical (unpaired) electrons. The predicted octanol–water partition coefficient (Wildman–Crippen LogP) is 2.47. The minimum absolute atomic E-state index is 0.0333. The van der Waals surface area contributed by atoms with Gasteiger partial charge in [0.15, 0.2) is 12.0 Å². The van der Waals surface area contributed by atoms with Gasteiger partial charge >= 0.3 is 5.97 Å². The fraction of sp³-hybridized carbons (Fsp3) is 0.500. The van der Waals surface area contributed by atoms with Crippen molar-refractivity contribution in [2.75, 3.05) is 26.3 Å². The third-order valence-corrected chi connectivity index (χ3v) is 3.97. The third-order valence-electron chi connectivity index (χ3n) is 3.75. The lowest BCUT2D eigenvalue weighted by Crippen LogP contribution is -2.44. The summed E-state index contributed by atoms with van der Waals surface area (Å²) in [5.74, 6) is -1.39. The fourth-order valence-corrected chi connectivity index (χ4v) is 2.61. The van der Waals surface area contributed by atoms with Gasteiger partial charge in [0.25, 0.3) is 0 Å². The van der Waals surface area contributed by atoms with E-state index in [4.69, 9.17) is 21.1 Å². The number of carbonyl (C=O) groups excluding carboxylic acids is 2. The van der Waals surface area contributed by atoms with Crippen molar-refractivity contribution in [1.29, 1.82) is 0 Å². The number of phenols is 1. The number of aromatic hydroxyl groups is 1. The molecule has 1 saturated heterocycles. The van der Waals surface area contributed by atoms with Crippen LogP contribution >= 0.6 is 11.6 Å². The number of ketones is 1. The van der Waals surface area contributed by atoms with Crippen molar-refractivity contribution < 1.29 is 24.2 Å². The second-order valence-electron chi connectivity index (χ2n) is 5.28. The van der Waals surface area contributed by atoms with Crippen LogP contribution in [0.25, 0.3) is 0 Å². The molecule has 1 atom stereocenters. The number of rotatable bonds is 5. The van der Waals surface area contributed by atoms with E-state index in [2.05, 4.69) is 0 Å². The van der Waals surface area contributed by atoms with E-state index in [0.717, 1.165) is 0 Å².